The summed E-state index contributed by atoms with van der Waals surface area (Å²) in [5.41, 5.74) is 0. The highest BCUT2D eigenvalue weighted by atomic mass is 16.4. The summed E-state index contributed by atoms with van der Waals surface area (Å²) in [6.45, 7) is 6.12. The second-order valence-electron chi connectivity index (χ2n) is 2.84. The van der Waals surface area contributed by atoms with Crippen molar-refractivity contribution in [1.82, 2.24) is 4.90 Å². The minimum Gasteiger partial charge on any atom is -0.481 e. The number of hydrogen-bond donors (Lipinski definition) is 1. The fourth-order valence-corrected chi connectivity index (χ4v) is 1.06. The molecule has 0 saturated carbocycles. The molecule has 0 unspecified atom stereocenters. The molecule has 70 valence electrons. The molecule has 4 heteroatoms. The molecule has 0 fully saturated rings. The minimum atomic E-state index is -1.07. The van der Waals surface area contributed by atoms with Crippen LogP contribution < -0.4 is 0 Å². The van der Waals surface area contributed by atoms with E-state index >= 15 is 0 Å². The summed E-state index contributed by atoms with van der Waals surface area (Å²) >= 11 is 0. The summed E-state index contributed by atoms with van der Waals surface area (Å²) in [7, 11) is 0. The van der Waals surface area contributed by atoms with E-state index in [1.165, 1.54) is 4.90 Å². The Labute approximate surface area is 72.2 Å². The van der Waals surface area contributed by atoms with E-state index in [-0.39, 0.29) is 11.9 Å². The molecule has 0 aliphatic carbocycles. The van der Waals surface area contributed by atoms with Gasteiger partial charge in [0, 0.05) is 12.6 Å². The monoisotopic (exact) mass is 173 g/mol. The fraction of sp³-hybridized carbons (Fsp3) is 0.750. The summed E-state index contributed by atoms with van der Waals surface area (Å²) in [6, 6.07) is 0.0712. The topological polar surface area (TPSA) is 57.6 Å². The number of nitrogens with zero attached hydrogens (tertiary/aromatic N) is 1. The Morgan fingerprint density at radius 2 is 1.92 bits per heavy atom. The second kappa shape index (κ2) is 4.74. The van der Waals surface area contributed by atoms with E-state index in [9.17, 15) is 9.59 Å². The lowest BCUT2D eigenvalue weighted by atomic mass is 10.3. The third-order valence-corrected chi connectivity index (χ3v) is 1.59. The van der Waals surface area contributed by atoms with Crippen LogP contribution in [0.5, 0.6) is 0 Å². The van der Waals surface area contributed by atoms with Gasteiger partial charge in [-0.1, -0.05) is 0 Å². The molecule has 0 spiro atoms. The number of amides is 1. The second-order valence-corrected chi connectivity index (χ2v) is 2.84. The Bertz CT molecular complexity index is 177. The van der Waals surface area contributed by atoms with E-state index in [0.717, 1.165) is 0 Å². The molecule has 0 aliphatic rings. The van der Waals surface area contributed by atoms with E-state index < -0.39 is 12.4 Å². The third-order valence-electron chi connectivity index (χ3n) is 1.59. The molecule has 0 heterocycles. The lowest BCUT2D eigenvalue weighted by molar-refractivity contribution is -0.144. The SMILES string of the molecule is CCN(C(=O)CC(=O)O)C(C)C. The molecule has 1 N–H and O–H groups in total. The van der Waals surface area contributed by atoms with Crippen molar-refractivity contribution in [3.05, 3.63) is 0 Å². The van der Waals surface area contributed by atoms with Crippen molar-refractivity contribution in [3.63, 3.8) is 0 Å². The van der Waals surface area contributed by atoms with Crippen LogP contribution in [-0.2, 0) is 9.59 Å². The van der Waals surface area contributed by atoms with Crippen LogP contribution in [0, 0.1) is 0 Å². The van der Waals surface area contributed by atoms with Gasteiger partial charge < -0.3 is 10.0 Å². The highest BCUT2D eigenvalue weighted by molar-refractivity contribution is 5.93. The maximum atomic E-state index is 11.2. The molecule has 0 atom stereocenters. The van der Waals surface area contributed by atoms with Gasteiger partial charge in [-0.2, -0.15) is 0 Å². The van der Waals surface area contributed by atoms with E-state index in [2.05, 4.69) is 0 Å². The summed E-state index contributed by atoms with van der Waals surface area (Å²) < 4.78 is 0. The average molecular weight is 173 g/mol. The lowest BCUT2D eigenvalue weighted by Crippen LogP contribution is -2.37. The number of aliphatic carboxylic acids is 1. The van der Waals surface area contributed by atoms with Gasteiger partial charge in [0.05, 0.1) is 0 Å². The zero-order valence-corrected chi connectivity index (χ0v) is 7.70. The van der Waals surface area contributed by atoms with Crippen LogP contribution in [-0.4, -0.2) is 34.5 Å². The highest BCUT2D eigenvalue weighted by Gasteiger charge is 2.17. The Kier molecular flexibility index (Phi) is 4.33. The molecule has 0 radical (unpaired) electrons. The summed E-state index contributed by atoms with van der Waals surface area (Å²) in [4.78, 5) is 22.9. The molecule has 0 aromatic carbocycles. The first-order valence-electron chi connectivity index (χ1n) is 4.00. The fourth-order valence-electron chi connectivity index (χ4n) is 1.06. The van der Waals surface area contributed by atoms with Crippen molar-refractivity contribution in [3.8, 4) is 0 Å². The zero-order chi connectivity index (χ0) is 9.72. The Morgan fingerprint density at radius 1 is 1.42 bits per heavy atom. The van der Waals surface area contributed by atoms with Gasteiger partial charge in [-0.25, -0.2) is 0 Å². The first-order valence-corrected chi connectivity index (χ1v) is 4.00. The highest BCUT2D eigenvalue weighted by Crippen LogP contribution is 2.00. The third kappa shape index (κ3) is 3.37. The van der Waals surface area contributed by atoms with Crippen LogP contribution >= 0.6 is 0 Å². The Morgan fingerprint density at radius 3 is 2.17 bits per heavy atom. The summed E-state index contributed by atoms with van der Waals surface area (Å²) in [5.74, 6) is -1.39. The summed E-state index contributed by atoms with van der Waals surface area (Å²) in [5, 5.41) is 8.36. The number of carboxylic acid groups (broad SMARTS) is 1. The molecule has 4 nitrogen and oxygen atoms in total. The predicted molar refractivity (Wildman–Crippen MR) is 44.8 cm³/mol. The van der Waals surface area contributed by atoms with Crippen LogP contribution in [0.4, 0.5) is 0 Å². The Balaban J connectivity index is 4.12. The van der Waals surface area contributed by atoms with Crippen molar-refractivity contribution in [2.24, 2.45) is 0 Å². The quantitative estimate of drug-likeness (QED) is 0.637. The lowest BCUT2D eigenvalue weighted by Gasteiger charge is -2.24. The van der Waals surface area contributed by atoms with Crippen LogP contribution in [0.15, 0.2) is 0 Å². The smallest absolute Gasteiger partial charge is 0.312 e. The van der Waals surface area contributed by atoms with Gasteiger partial charge in [-0.3, -0.25) is 9.59 Å². The van der Waals surface area contributed by atoms with E-state index in [4.69, 9.17) is 5.11 Å². The molecule has 0 rings (SSSR count). The standard InChI is InChI=1S/C8H15NO3/c1-4-9(6(2)3)7(10)5-8(11)12/h6H,4-5H2,1-3H3,(H,11,12). The maximum Gasteiger partial charge on any atom is 0.312 e. The van der Waals surface area contributed by atoms with Crippen molar-refractivity contribution >= 4 is 11.9 Å². The van der Waals surface area contributed by atoms with Crippen molar-refractivity contribution in [2.45, 2.75) is 33.2 Å². The molecular weight excluding hydrogens is 158 g/mol. The number of rotatable bonds is 4. The molecule has 1 amide bonds. The zero-order valence-electron chi connectivity index (χ0n) is 7.70. The first-order chi connectivity index (χ1) is 5.49. The number of carbonyl (C=O) groups excluding carboxylic acids is 1. The molecule has 12 heavy (non-hydrogen) atoms. The van der Waals surface area contributed by atoms with Crippen LogP contribution in [0.25, 0.3) is 0 Å². The van der Waals surface area contributed by atoms with Gasteiger partial charge in [-0.15, -0.1) is 0 Å². The minimum absolute atomic E-state index is 0.0712. The Hall–Kier alpha value is -1.06. The number of carboxylic acids is 1. The van der Waals surface area contributed by atoms with Crippen molar-refractivity contribution in [2.75, 3.05) is 6.54 Å². The molecule has 0 aliphatic heterocycles. The van der Waals surface area contributed by atoms with Gasteiger partial charge in [0.1, 0.15) is 6.42 Å². The van der Waals surface area contributed by atoms with E-state index in [1.54, 1.807) is 0 Å². The van der Waals surface area contributed by atoms with Crippen molar-refractivity contribution < 1.29 is 14.7 Å². The number of carbonyl (C=O) groups is 2. The molecule has 0 bridgehead atoms. The van der Waals surface area contributed by atoms with Gasteiger partial charge in [0.25, 0.3) is 0 Å². The average Bonchev–Trinajstić information content (AvgIpc) is 1.85. The molecule has 0 saturated heterocycles. The first kappa shape index (κ1) is 10.9. The molecular formula is C8H15NO3. The maximum absolute atomic E-state index is 11.2. The molecule has 0 aromatic heterocycles. The predicted octanol–water partition coefficient (Wildman–Crippen LogP) is 0.718. The van der Waals surface area contributed by atoms with Gasteiger partial charge in [0.2, 0.25) is 5.91 Å². The van der Waals surface area contributed by atoms with Crippen LogP contribution in [0.1, 0.15) is 27.2 Å². The van der Waals surface area contributed by atoms with E-state index in [1.807, 2.05) is 20.8 Å². The largest absolute Gasteiger partial charge is 0.481 e. The van der Waals surface area contributed by atoms with E-state index in [0.29, 0.717) is 6.54 Å². The van der Waals surface area contributed by atoms with Crippen molar-refractivity contribution in [1.29, 1.82) is 0 Å². The van der Waals surface area contributed by atoms with Crippen LogP contribution in [0.3, 0.4) is 0 Å². The van der Waals surface area contributed by atoms with Crippen LogP contribution in [0.2, 0.25) is 0 Å². The van der Waals surface area contributed by atoms with Gasteiger partial charge in [-0.05, 0) is 20.8 Å². The molecule has 0 aromatic rings. The van der Waals surface area contributed by atoms with Gasteiger partial charge in [0.15, 0.2) is 0 Å². The summed E-state index contributed by atoms with van der Waals surface area (Å²) in [6.07, 6.45) is -0.411. The van der Waals surface area contributed by atoms with Gasteiger partial charge >= 0.3 is 5.97 Å². The number of hydrogen-bond acceptors (Lipinski definition) is 2. The normalized spacial score (nSPS) is 10.0.